The van der Waals surface area contributed by atoms with Crippen molar-refractivity contribution in [2.45, 2.75) is 6.42 Å². The Kier molecular flexibility index (Phi) is 5.72. The van der Waals surface area contributed by atoms with Crippen LogP contribution in [-0.2, 0) is 4.74 Å². The molecule has 0 radical (unpaired) electrons. The quantitative estimate of drug-likeness (QED) is 0.380. The highest BCUT2D eigenvalue weighted by Crippen LogP contribution is 2.03. The van der Waals surface area contributed by atoms with Crippen LogP contribution in [0.15, 0.2) is 18.2 Å². The molecule has 2 heterocycles. The van der Waals surface area contributed by atoms with Crippen molar-refractivity contribution in [1.82, 2.24) is 15.2 Å². The van der Waals surface area contributed by atoms with E-state index in [-0.39, 0.29) is 5.91 Å². The van der Waals surface area contributed by atoms with E-state index in [1.165, 1.54) is 0 Å². The van der Waals surface area contributed by atoms with Gasteiger partial charge in [-0.05, 0) is 25.1 Å². The zero-order valence-electron chi connectivity index (χ0n) is 11.5. The van der Waals surface area contributed by atoms with Gasteiger partial charge in [-0.2, -0.15) is 0 Å². The van der Waals surface area contributed by atoms with E-state index in [9.17, 15) is 4.79 Å². The average molecular weight is 279 g/mol. The zero-order valence-corrected chi connectivity index (χ0v) is 11.5. The van der Waals surface area contributed by atoms with Gasteiger partial charge in [-0.25, -0.2) is 10.8 Å². The minimum atomic E-state index is -0.177. The number of hydrogen-bond donors (Lipinski definition) is 3. The smallest absolute Gasteiger partial charge is 0.269 e. The number of nitrogens with two attached hydrogens (primary N) is 1. The summed E-state index contributed by atoms with van der Waals surface area (Å²) in [5.74, 6) is 5.56. The van der Waals surface area contributed by atoms with Gasteiger partial charge >= 0.3 is 0 Å². The number of ether oxygens (including phenoxy) is 1. The summed E-state index contributed by atoms with van der Waals surface area (Å²) < 4.78 is 5.29. The van der Waals surface area contributed by atoms with Crippen LogP contribution in [0.3, 0.4) is 0 Å². The molecule has 1 aromatic heterocycles. The fraction of sp³-hybridized carbons (Fsp3) is 0.538. The lowest BCUT2D eigenvalue weighted by atomic mass is 10.3. The first-order chi connectivity index (χ1) is 9.79. The fourth-order valence-electron chi connectivity index (χ4n) is 2.06. The van der Waals surface area contributed by atoms with Crippen LogP contribution in [0.4, 0.5) is 5.82 Å². The van der Waals surface area contributed by atoms with Gasteiger partial charge in [0.05, 0.1) is 13.2 Å². The number of nitrogens with one attached hydrogen (secondary N) is 2. The Hall–Kier alpha value is -1.70. The van der Waals surface area contributed by atoms with Crippen molar-refractivity contribution in [1.29, 1.82) is 0 Å². The minimum absolute atomic E-state index is 0.177. The molecule has 0 aromatic carbocycles. The Morgan fingerprint density at radius 2 is 2.20 bits per heavy atom. The van der Waals surface area contributed by atoms with Crippen molar-refractivity contribution in [2.24, 2.45) is 5.84 Å². The van der Waals surface area contributed by atoms with Crippen molar-refractivity contribution in [3.05, 3.63) is 23.9 Å². The Morgan fingerprint density at radius 1 is 1.40 bits per heavy atom. The third-order valence-corrected chi connectivity index (χ3v) is 3.17. The number of carbonyl (C=O) groups is 1. The van der Waals surface area contributed by atoms with E-state index in [2.05, 4.69) is 20.6 Å². The van der Waals surface area contributed by atoms with Gasteiger partial charge in [0.2, 0.25) is 0 Å². The molecule has 110 valence electrons. The fourth-order valence-corrected chi connectivity index (χ4v) is 2.06. The number of amides is 1. The predicted molar refractivity (Wildman–Crippen MR) is 76.3 cm³/mol. The van der Waals surface area contributed by atoms with Crippen LogP contribution in [0.5, 0.6) is 0 Å². The number of rotatable bonds is 6. The number of nitrogens with zero attached hydrogens (tertiary/aromatic N) is 2. The highest BCUT2D eigenvalue weighted by atomic mass is 16.5. The maximum atomic E-state index is 11.9. The molecule has 1 fully saturated rings. The molecule has 7 heteroatoms. The van der Waals surface area contributed by atoms with E-state index in [0.717, 1.165) is 39.3 Å². The lowest BCUT2D eigenvalue weighted by molar-refractivity contribution is 0.0374. The number of anilines is 1. The molecule has 0 bridgehead atoms. The van der Waals surface area contributed by atoms with Crippen LogP contribution in [0.1, 0.15) is 16.9 Å². The van der Waals surface area contributed by atoms with Gasteiger partial charge < -0.3 is 15.5 Å². The monoisotopic (exact) mass is 279 g/mol. The van der Waals surface area contributed by atoms with Crippen LogP contribution >= 0.6 is 0 Å². The number of hydrogen-bond acceptors (Lipinski definition) is 6. The summed E-state index contributed by atoms with van der Waals surface area (Å²) in [6.45, 7) is 5.16. The maximum Gasteiger partial charge on any atom is 0.269 e. The van der Waals surface area contributed by atoms with Gasteiger partial charge in [-0.3, -0.25) is 9.69 Å². The van der Waals surface area contributed by atoms with Gasteiger partial charge in [-0.1, -0.05) is 6.07 Å². The highest BCUT2D eigenvalue weighted by Gasteiger charge is 2.10. The van der Waals surface area contributed by atoms with Gasteiger partial charge in [-0.15, -0.1) is 0 Å². The van der Waals surface area contributed by atoms with Crippen LogP contribution in [0, 0.1) is 0 Å². The van der Waals surface area contributed by atoms with Crippen molar-refractivity contribution in [2.75, 3.05) is 44.8 Å². The number of aromatic nitrogens is 1. The van der Waals surface area contributed by atoms with E-state index in [1.807, 2.05) is 0 Å². The second kappa shape index (κ2) is 7.78. The van der Waals surface area contributed by atoms with Gasteiger partial charge in [0, 0.05) is 19.6 Å². The third kappa shape index (κ3) is 4.44. The summed E-state index contributed by atoms with van der Waals surface area (Å²) >= 11 is 0. The summed E-state index contributed by atoms with van der Waals surface area (Å²) in [4.78, 5) is 18.3. The Balaban J connectivity index is 1.69. The number of carbonyl (C=O) groups excluding carboxylic acids is 1. The van der Waals surface area contributed by atoms with E-state index < -0.39 is 0 Å². The van der Waals surface area contributed by atoms with Gasteiger partial charge in [0.1, 0.15) is 11.5 Å². The Bertz CT molecular complexity index is 435. The van der Waals surface area contributed by atoms with Crippen LogP contribution in [-0.4, -0.2) is 55.2 Å². The molecule has 0 aliphatic carbocycles. The summed E-state index contributed by atoms with van der Waals surface area (Å²) in [5, 5.41) is 2.86. The van der Waals surface area contributed by atoms with Crippen LogP contribution < -0.4 is 16.6 Å². The first kappa shape index (κ1) is 14.7. The molecule has 0 atom stereocenters. The van der Waals surface area contributed by atoms with E-state index in [0.29, 0.717) is 18.1 Å². The first-order valence-electron chi connectivity index (χ1n) is 6.81. The highest BCUT2D eigenvalue weighted by molar-refractivity contribution is 5.92. The second-order valence-corrected chi connectivity index (χ2v) is 4.62. The Morgan fingerprint density at radius 3 is 2.95 bits per heavy atom. The third-order valence-electron chi connectivity index (χ3n) is 3.17. The molecular weight excluding hydrogens is 258 g/mol. The molecule has 20 heavy (non-hydrogen) atoms. The SMILES string of the molecule is NNc1cccc(C(=O)NCCCN2CCOCC2)n1. The molecule has 0 spiro atoms. The van der Waals surface area contributed by atoms with Crippen molar-refractivity contribution in [3.8, 4) is 0 Å². The first-order valence-corrected chi connectivity index (χ1v) is 6.81. The molecule has 0 unspecified atom stereocenters. The topological polar surface area (TPSA) is 92.5 Å². The van der Waals surface area contributed by atoms with Crippen molar-refractivity contribution < 1.29 is 9.53 Å². The summed E-state index contributed by atoms with van der Waals surface area (Å²) in [6, 6.07) is 5.11. The molecule has 1 amide bonds. The van der Waals surface area contributed by atoms with Crippen LogP contribution in [0.2, 0.25) is 0 Å². The maximum absolute atomic E-state index is 11.9. The molecule has 1 saturated heterocycles. The standard InChI is InChI=1S/C13H21N5O2/c14-17-12-4-1-3-11(16-12)13(19)15-5-2-6-18-7-9-20-10-8-18/h1,3-4H,2,5-10,14H2,(H,15,19)(H,16,17). The number of nitrogen functional groups attached to an aromatic ring is 1. The summed E-state index contributed by atoms with van der Waals surface area (Å²) in [5.41, 5.74) is 2.79. The molecule has 1 aliphatic rings. The summed E-state index contributed by atoms with van der Waals surface area (Å²) in [6.07, 6.45) is 0.917. The largest absolute Gasteiger partial charge is 0.379 e. The normalized spacial score (nSPS) is 15.8. The molecule has 7 nitrogen and oxygen atoms in total. The van der Waals surface area contributed by atoms with Gasteiger partial charge in [0.15, 0.2) is 0 Å². The number of pyridine rings is 1. The number of morpholine rings is 1. The molecule has 1 aliphatic heterocycles. The Labute approximate surface area is 118 Å². The zero-order chi connectivity index (χ0) is 14.2. The molecule has 0 saturated carbocycles. The summed E-state index contributed by atoms with van der Waals surface area (Å²) in [7, 11) is 0. The number of hydrazine groups is 1. The van der Waals surface area contributed by atoms with E-state index in [4.69, 9.17) is 10.6 Å². The molecule has 2 rings (SSSR count). The van der Waals surface area contributed by atoms with Crippen LogP contribution in [0.25, 0.3) is 0 Å². The van der Waals surface area contributed by atoms with E-state index in [1.54, 1.807) is 18.2 Å². The minimum Gasteiger partial charge on any atom is -0.379 e. The van der Waals surface area contributed by atoms with E-state index >= 15 is 0 Å². The van der Waals surface area contributed by atoms with Crippen molar-refractivity contribution in [3.63, 3.8) is 0 Å². The lowest BCUT2D eigenvalue weighted by Crippen LogP contribution is -2.38. The van der Waals surface area contributed by atoms with Crippen molar-refractivity contribution >= 4 is 11.7 Å². The second-order valence-electron chi connectivity index (χ2n) is 4.62. The molecular formula is C13H21N5O2. The van der Waals surface area contributed by atoms with Gasteiger partial charge in [0.25, 0.3) is 5.91 Å². The molecule has 4 N–H and O–H groups in total. The average Bonchev–Trinajstić information content (AvgIpc) is 2.52. The lowest BCUT2D eigenvalue weighted by Gasteiger charge is -2.26. The predicted octanol–water partition coefficient (Wildman–Crippen LogP) is -0.181. The molecule has 1 aromatic rings.